The number of halogens is 1. The Bertz CT molecular complexity index is 839. The molecule has 0 radical (unpaired) electrons. The summed E-state index contributed by atoms with van der Waals surface area (Å²) in [5.41, 5.74) is 3.66. The zero-order valence-electron chi connectivity index (χ0n) is 11.7. The maximum Gasteiger partial charge on any atom is 0.274 e. The Hall–Kier alpha value is -2.33. The van der Waals surface area contributed by atoms with E-state index in [1.165, 1.54) is 0 Å². The molecule has 0 aliphatic rings. The normalized spacial score (nSPS) is 10.8. The van der Waals surface area contributed by atoms with Crippen LogP contribution in [0.15, 0.2) is 42.6 Å². The SMILES string of the molecule is Cc1ccccc1NC(=O)c1c(C)nc2cc(Cl)ccn12. The van der Waals surface area contributed by atoms with Crippen LogP contribution in [0.1, 0.15) is 21.7 Å². The fourth-order valence-electron chi connectivity index (χ4n) is 2.31. The van der Waals surface area contributed by atoms with Crippen molar-refractivity contribution < 1.29 is 4.79 Å². The number of amides is 1. The quantitative estimate of drug-likeness (QED) is 0.781. The maximum absolute atomic E-state index is 12.5. The van der Waals surface area contributed by atoms with Crippen molar-refractivity contribution in [3.8, 4) is 0 Å². The van der Waals surface area contributed by atoms with Gasteiger partial charge in [-0.05, 0) is 31.5 Å². The summed E-state index contributed by atoms with van der Waals surface area (Å²) in [7, 11) is 0. The van der Waals surface area contributed by atoms with Gasteiger partial charge in [-0.2, -0.15) is 0 Å². The molecule has 3 aromatic rings. The summed E-state index contributed by atoms with van der Waals surface area (Å²) in [5, 5.41) is 3.52. The molecule has 2 aromatic heterocycles. The third kappa shape index (κ3) is 2.50. The fraction of sp³-hybridized carbons (Fsp3) is 0.125. The molecular formula is C16H14ClN3O. The first-order chi connectivity index (χ1) is 10.1. The lowest BCUT2D eigenvalue weighted by molar-refractivity contribution is 0.102. The van der Waals surface area contributed by atoms with Crippen LogP contribution in [-0.2, 0) is 0 Å². The molecule has 2 heterocycles. The second kappa shape index (κ2) is 5.22. The number of benzene rings is 1. The van der Waals surface area contributed by atoms with Gasteiger partial charge in [0.05, 0.1) is 5.69 Å². The van der Waals surface area contributed by atoms with E-state index in [2.05, 4.69) is 10.3 Å². The molecule has 3 rings (SSSR count). The molecule has 0 fully saturated rings. The lowest BCUT2D eigenvalue weighted by Crippen LogP contribution is -2.16. The summed E-state index contributed by atoms with van der Waals surface area (Å²) < 4.78 is 1.74. The Morgan fingerprint density at radius 1 is 1.24 bits per heavy atom. The third-order valence-corrected chi connectivity index (χ3v) is 3.61. The van der Waals surface area contributed by atoms with Crippen LogP contribution in [-0.4, -0.2) is 15.3 Å². The van der Waals surface area contributed by atoms with E-state index < -0.39 is 0 Å². The Labute approximate surface area is 127 Å². The number of aryl methyl sites for hydroxylation is 2. The number of carbonyl (C=O) groups excluding carboxylic acids is 1. The molecule has 0 atom stereocenters. The standard InChI is InChI=1S/C16H14ClN3O/c1-10-5-3-4-6-13(10)19-16(21)15-11(2)18-14-9-12(17)7-8-20(14)15/h3-9H,1-2H3,(H,19,21). The number of anilines is 1. The summed E-state index contributed by atoms with van der Waals surface area (Å²) in [4.78, 5) is 16.9. The number of aromatic nitrogens is 2. The van der Waals surface area contributed by atoms with Gasteiger partial charge < -0.3 is 5.32 Å². The lowest BCUT2D eigenvalue weighted by atomic mass is 10.2. The molecule has 5 heteroatoms. The van der Waals surface area contributed by atoms with E-state index in [1.807, 2.05) is 38.1 Å². The highest BCUT2D eigenvalue weighted by Gasteiger charge is 2.17. The van der Waals surface area contributed by atoms with Gasteiger partial charge in [-0.15, -0.1) is 0 Å². The van der Waals surface area contributed by atoms with E-state index in [9.17, 15) is 4.79 Å². The van der Waals surface area contributed by atoms with E-state index >= 15 is 0 Å². The Morgan fingerprint density at radius 2 is 2.00 bits per heavy atom. The van der Waals surface area contributed by atoms with Gasteiger partial charge in [-0.25, -0.2) is 4.98 Å². The zero-order valence-corrected chi connectivity index (χ0v) is 12.5. The molecule has 0 aliphatic carbocycles. The summed E-state index contributed by atoms with van der Waals surface area (Å²) in [6.45, 7) is 3.77. The number of fused-ring (bicyclic) bond motifs is 1. The lowest BCUT2D eigenvalue weighted by Gasteiger charge is -2.08. The van der Waals surface area contributed by atoms with Crippen molar-refractivity contribution in [2.45, 2.75) is 13.8 Å². The maximum atomic E-state index is 12.5. The molecule has 0 saturated heterocycles. The summed E-state index contributed by atoms with van der Waals surface area (Å²) in [6, 6.07) is 11.1. The summed E-state index contributed by atoms with van der Waals surface area (Å²) in [6.07, 6.45) is 1.75. The van der Waals surface area contributed by atoms with Crippen LogP contribution >= 0.6 is 11.6 Å². The molecular weight excluding hydrogens is 286 g/mol. The van der Waals surface area contributed by atoms with E-state index in [-0.39, 0.29) is 5.91 Å². The molecule has 0 bridgehead atoms. The van der Waals surface area contributed by atoms with Crippen LogP contribution in [0.25, 0.3) is 5.65 Å². The molecule has 21 heavy (non-hydrogen) atoms. The molecule has 1 aromatic carbocycles. The average Bonchev–Trinajstić information content (AvgIpc) is 2.76. The highest BCUT2D eigenvalue weighted by atomic mass is 35.5. The van der Waals surface area contributed by atoms with Crippen molar-refractivity contribution in [2.24, 2.45) is 0 Å². The van der Waals surface area contributed by atoms with Crippen LogP contribution in [0.4, 0.5) is 5.69 Å². The van der Waals surface area contributed by atoms with Crippen molar-refractivity contribution >= 4 is 28.8 Å². The van der Waals surface area contributed by atoms with Gasteiger partial charge in [0.15, 0.2) is 0 Å². The number of carbonyl (C=O) groups is 1. The topological polar surface area (TPSA) is 46.4 Å². The number of nitrogens with zero attached hydrogens (tertiary/aromatic N) is 2. The van der Waals surface area contributed by atoms with E-state index in [1.54, 1.807) is 22.7 Å². The zero-order chi connectivity index (χ0) is 15.0. The minimum Gasteiger partial charge on any atom is -0.320 e. The Kier molecular flexibility index (Phi) is 3.39. The molecule has 4 nitrogen and oxygen atoms in total. The van der Waals surface area contributed by atoms with Crippen LogP contribution in [0.2, 0.25) is 5.02 Å². The molecule has 0 unspecified atom stereocenters. The van der Waals surface area contributed by atoms with Gasteiger partial charge in [-0.3, -0.25) is 9.20 Å². The molecule has 106 valence electrons. The number of para-hydroxylation sites is 1. The average molecular weight is 300 g/mol. The van der Waals surface area contributed by atoms with E-state index in [0.717, 1.165) is 11.3 Å². The summed E-state index contributed by atoms with van der Waals surface area (Å²) in [5.74, 6) is -0.184. The van der Waals surface area contributed by atoms with Crippen LogP contribution in [0, 0.1) is 13.8 Å². The van der Waals surface area contributed by atoms with Gasteiger partial charge in [-0.1, -0.05) is 29.8 Å². The van der Waals surface area contributed by atoms with Crippen molar-refractivity contribution in [3.05, 3.63) is 64.6 Å². The van der Waals surface area contributed by atoms with Gasteiger partial charge in [0, 0.05) is 23.0 Å². The van der Waals surface area contributed by atoms with Crippen molar-refractivity contribution in [1.82, 2.24) is 9.38 Å². The largest absolute Gasteiger partial charge is 0.320 e. The minimum atomic E-state index is -0.184. The molecule has 1 amide bonds. The Morgan fingerprint density at radius 3 is 2.76 bits per heavy atom. The van der Waals surface area contributed by atoms with Crippen LogP contribution in [0.3, 0.4) is 0 Å². The number of hydrogen-bond acceptors (Lipinski definition) is 2. The predicted molar refractivity (Wildman–Crippen MR) is 84.1 cm³/mol. The smallest absolute Gasteiger partial charge is 0.274 e. The minimum absolute atomic E-state index is 0.184. The van der Waals surface area contributed by atoms with Gasteiger partial charge in [0.2, 0.25) is 0 Å². The highest BCUT2D eigenvalue weighted by Crippen LogP contribution is 2.19. The van der Waals surface area contributed by atoms with Gasteiger partial charge >= 0.3 is 0 Å². The van der Waals surface area contributed by atoms with Crippen molar-refractivity contribution in [2.75, 3.05) is 5.32 Å². The number of nitrogens with one attached hydrogen (secondary N) is 1. The summed E-state index contributed by atoms with van der Waals surface area (Å²) >= 11 is 5.96. The first-order valence-electron chi connectivity index (χ1n) is 6.57. The van der Waals surface area contributed by atoms with E-state index in [4.69, 9.17) is 11.6 Å². The fourth-order valence-corrected chi connectivity index (χ4v) is 2.46. The van der Waals surface area contributed by atoms with E-state index in [0.29, 0.717) is 22.1 Å². The van der Waals surface area contributed by atoms with Crippen molar-refractivity contribution in [3.63, 3.8) is 0 Å². The molecule has 0 spiro atoms. The first-order valence-corrected chi connectivity index (χ1v) is 6.95. The Balaban J connectivity index is 2.02. The predicted octanol–water partition coefficient (Wildman–Crippen LogP) is 3.86. The second-order valence-corrected chi connectivity index (χ2v) is 5.32. The second-order valence-electron chi connectivity index (χ2n) is 4.89. The monoisotopic (exact) mass is 299 g/mol. The molecule has 1 N–H and O–H groups in total. The highest BCUT2D eigenvalue weighted by molar-refractivity contribution is 6.30. The van der Waals surface area contributed by atoms with Crippen LogP contribution in [0.5, 0.6) is 0 Å². The number of imidazole rings is 1. The number of rotatable bonds is 2. The molecule has 0 aliphatic heterocycles. The molecule has 0 saturated carbocycles. The van der Waals surface area contributed by atoms with Gasteiger partial charge in [0.1, 0.15) is 11.3 Å². The number of pyridine rings is 1. The van der Waals surface area contributed by atoms with Crippen LogP contribution < -0.4 is 5.32 Å². The van der Waals surface area contributed by atoms with Crippen molar-refractivity contribution in [1.29, 1.82) is 0 Å². The van der Waals surface area contributed by atoms with Gasteiger partial charge in [0.25, 0.3) is 5.91 Å². The number of hydrogen-bond donors (Lipinski definition) is 1. The third-order valence-electron chi connectivity index (χ3n) is 3.37. The first kappa shape index (κ1) is 13.6.